The van der Waals surface area contributed by atoms with Crippen LogP contribution in [0.15, 0.2) is 62.3 Å². The Morgan fingerprint density at radius 3 is 2.62 bits per heavy atom. The molecule has 0 aliphatic carbocycles. The van der Waals surface area contributed by atoms with Crippen molar-refractivity contribution in [3.05, 3.63) is 78.7 Å². The van der Waals surface area contributed by atoms with Gasteiger partial charge >= 0.3 is 0 Å². The Kier molecular flexibility index (Phi) is 6.11. The lowest BCUT2D eigenvalue weighted by atomic mass is 10.2. The second kappa shape index (κ2) is 8.46. The van der Waals surface area contributed by atoms with E-state index < -0.39 is 0 Å². The Hall–Kier alpha value is -1.28. The van der Waals surface area contributed by atoms with E-state index in [0.29, 0.717) is 47.1 Å². The molecule has 0 unspecified atom stereocenters. The summed E-state index contributed by atoms with van der Waals surface area (Å²) in [7, 11) is 0. The van der Waals surface area contributed by atoms with E-state index in [0.717, 1.165) is 4.47 Å². The van der Waals surface area contributed by atoms with E-state index in [4.69, 9.17) is 51.4 Å². The summed E-state index contributed by atoms with van der Waals surface area (Å²) in [5, 5.41) is 1.35. The maximum Gasteiger partial charge on any atom is 0.270 e. The Morgan fingerprint density at radius 2 is 1.86 bits per heavy atom. The van der Waals surface area contributed by atoms with Gasteiger partial charge in [-0.25, -0.2) is 0 Å². The molecule has 3 aromatic rings. The first-order chi connectivity index (χ1) is 13.8. The maximum atomic E-state index is 12.9. The Balaban J connectivity index is 1.63. The predicted octanol–water partition coefficient (Wildman–Crippen LogP) is 8.08. The number of hydrogen-bond acceptors (Lipinski definition) is 4. The first kappa shape index (κ1) is 21.0. The molecule has 0 N–H and O–H groups in total. The summed E-state index contributed by atoms with van der Waals surface area (Å²) in [5.74, 6) is 0.821. The van der Waals surface area contributed by atoms with Crippen LogP contribution in [0.2, 0.25) is 15.1 Å². The molecular formula is C20H9BrCl3NO2S2. The molecule has 0 bridgehead atoms. The molecule has 1 fully saturated rings. The number of nitrogens with zero attached hydrogens (tertiary/aromatic N) is 1. The highest BCUT2D eigenvalue weighted by Crippen LogP contribution is 2.39. The lowest BCUT2D eigenvalue weighted by Gasteiger charge is -2.15. The quantitative estimate of drug-likeness (QED) is 0.246. The highest BCUT2D eigenvalue weighted by molar-refractivity contribution is 9.10. The Morgan fingerprint density at radius 1 is 1.07 bits per heavy atom. The van der Waals surface area contributed by atoms with Gasteiger partial charge in [0, 0.05) is 16.1 Å². The first-order valence-electron chi connectivity index (χ1n) is 8.12. The molecule has 0 spiro atoms. The molecule has 9 heteroatoms. The van der Waals surface area contributed by atoms with E-state index in [9.17, 15) is 4.79 Å². The molecule has 1 amide bonds. The van der Waals surface area contributed by atoms with Crippen molar-refractivity contribution >= 4 is 96.7 Å². The van der Waals surface area contributed by atoms with Crippen LogP contribution in [0.25, 0.3) is 17.4 Å². The lowest BCUT2D eigenvalue weighted by Crippen LogP contribution is -2.27. The summed E-state index contributed by atoms with van der Waals surface area (Å²) < 4.78 is 7.02. The fourth-order valence-electron chi connectivity index (χ4n) is 2.71. The molecule has 2 aromatic carbocycles. The van der Waals surface area contributed by atoms with E-state index in [1.807, 2.05) is 6.07 Å². The molecule has 0 atom stereocenters. The van der Waals surface area contributed by atoms with Gasteiger partial charge in [-0.05, 0) is 58.4 Å². The SMILES string of the molecule is O=C1/C(=C\c2ccc(-c3cccc(Cl)c3Cl)o2)SC(=S)N1c1ccc(Br)c(Cl)c1. The zero-order chi connectivity index (χ0) is 20.7. The number of carbonyl (C=O) groups excluding carboxylic acids is 1. The Labute approximate surface area is 199 Å². The minimum absolute atomic E-state index is 0.239. The first-order valence-corrected chi connectivity index (χ1v) is 11.3. The number of thiocarbonyl (C=S) groups is 1. The second-order valence-corrected chi connectivity index (χ2v) is 9.64. The van der Waals surface area contributed by atoms with Crippen LogP contribution in [0.3, 0.4) is 0 Å². The zero-order valence-electron chi connectivity index (χ0n) is 14.3. The smallest absolute Gasteiger partial charge is 0.270 e. The number of rotatable bonds is 3. The van der Waals surface area contributed by atoms with Gasteiger partial charge in [0.15, 0.2) is 4.32 Å². The molecule has 1 aromatic heterocycles. The Bertz CT molecular complexity index is 1190. The van der Waals surface area contributed by atoms with Crippen LogP contribution < -0.4 is 4.90 Å². The van der Waals surface area contributed by atoms with Gasteiger partial charge in [0.2, 0.25) is 0 Å². The van der Waals surface area contributed by atoms with Crippen LogP contribution in [0, 0.1) is 0 Å². The van der Waals surface area contributed by atoms with Gasteiger partial charge in [0.1, 0.15) is 11.5 Å². The molecule has 0 saturated carbocycles. The van der Waals surface area contributed by atoms with Crippen LogP contribution in [-0.2, 0) is 4.79 Å². The van der Waals surface area contributed by atoms with E-state index in [-0.39, 0.29) is 5.91 Å². The number of amides is 1. The number of anilines is 1. The van der Waals surface area contributed by atoms with E-state index in [2.05, 4.69) is 15.9 Å². The van der Waals surface area contributed by atoms with Gasteiger partial charge in [-0.15, -0.1) is 0 Å². The number of benzene rings is 2. The largest absolute Gasteiger partial charge is 0.457 e. The van der Waals surface area contributed by atoms with Gasteiger partial charge in [-0.1, -0.05) is 64.8 Å². The number of carbonyl (C=O) groups is 1. The third-order valence-electron chi connectivity index (χ3n) is 4.07. The highest BCUT2D eigenvalue weighted by Gasteiger charge is 2.33. The standard InChI is InChI=1S/C20H9BrCl3NO2S2/c21-13-6-4-10(8-15(13)23)25-19(26)17(29-20(25)28)9-11-5-7-16(27-11)12-2-1-3-14(22)18(12)24/h1-9H/b17-9+. The zero-order valence-corrected chi connectivity index (χ0v) is 19.8. The van der Waals surface area contributed by atoms with E-state index in [1.165, 1.54) is 16.7 Å². The number of halogens is 4. The molecule has 4 rings (SSSR count). The number of thioether (sulfide) groups is 1. The van der Waals surface area contributed by atoms with Crippen molar-refractivity contribution in [2.24, 2.45) is 0 Å². The third kappa shape index (κ3) is 4.15. The average Bonchev–Trinajstić information content (AvgIpc) is 3.25. The predicted molar refractivity (Wildman–Crippen MR) is 129 cm³/mol. The second-order valence-electron chi connectivity index (χ2n) is 5.92. The van der Waals surface area contributed by atoms with Crippen molar-refractivity contribution in [3.8, 4) is 11.3 Å². The lowest BCUT2D eigenvalue weighted by molar-refractivity contribution is -0.113. The van der Waals surface area contributed by atoms with Crippen LogP contribution in [0.1, 0.15) is 5.76 Å². The molecule has 0 radical (unpaired) electrons. The molecular weight excluding hydrogens is 537 g/mol. The third-order valence-corrected chi connectivity index (χ3v) is 7.43. The molecule has 3 nitrogen and oxygen atoms in total. The fourth-order valence-corrected chi connectivity index (χ4v) is 4.81. The minimum Gasteiger partial charge on any atom is -0.457 e. The van der Waals surface area contributed by atoms with Crippen molar-refractivity contribution in [1.29, 1.82) is 0 Å². The summed E-state index contributed by atoms with van der Waals surface area (Å²) in [4.78, 5) is 14.8. The van der Waals surface area contributed by atoms with Gasteiger partial charge in [0.25, 0.3) is 5.91 Å². The van der Waals surface area contributed by atoms with Crippen LogP contribution >= 0.6 is 74.7 Å². The fraction of sp³-hybridized carbons (Fsp3) is 0. The average molecular weight is 546 g/mol. The minimum atomic E-state index is -0.239. The van der Waals surface area contributed by atoms with Gasteiger partial charge < -0.3 is 4.42 Å². The highest BCUT2D eigenvalue weighted by atomic mass is 79.9. The number of hydrogen-bond donors (Lipinski definition) is 0. The van der Waals surface area contributed by atoms with Gasteiger partial charge in [-0.2, -0.15) is 0 Å². The van der Waals surface area contributed by atoms with Crippen molar-refractivity contribution in [1.82, 2.24) is 0 Å². The van der Waals surface area contributed by atoms with Crippen molar-refractivity contribution in [3.63, 3.8) is 0 Å². The van der Waals surface area contributed by atoms with Crippen LogP contribution in [0.5, 0.6) is 0 Å². The topological polar surface area (TPSA) is 33.5 Å². The molecule has 146 valence electrons. The molecule has 29 heavy (non-hydrogen) atoms. The van der Waals surface area contributed by atoms with Gasteiger partial charge in [0.05, 0.1) is 25.7 Å². The van der Waals surface area contributed by atoms with Crippen molar-refractivity contribution < 1.29 is 9.21 Å². The van der Waals surface area contributed by atoms with Crippen molar-refractivity contribution in [2.45, 2.75) is 0 Å². The van der Waals surface area contributed by atoms with Gasteiger partial charge in [-0.3, -0.25) is 9.69 Å². The van der Waals surface area contributed by atoms with Crippen LogP contribution in [-0.4, -0.2) is 10.2 Å². The summed E-state index contributed by atoms with van der Waals surface area (Å²) in [6.45, 7) is 0. The molecule has 1 aliphatic rings. The summed E-state index contributed by atoms with van der Waals surface area (Å²) in [5.41, 5.74) is 1.28. The maximum absolute atomic E-state index is 12.9. The van der Waals surface area contributed by atoms with E-state index >= 15 is 0 Å². The summed E-state index contributed by atoms with van der Waals surface area (Å²) in [6.07, 6.45) is 1.65. The van der Waals surface area contributed by atoms with Crippen molar-refractivity contribution in [2.75, 3.05) is 4.90 Å². The molecule has 2 heterocycles. The van der Waals surface area contributed by atoms with E-state index in [1.54, 1.807) is 48.5 Å². The normalized spacial score (nSPS) is 15.6. The summed E-state index contributed by atoms with van der Waals surface area (Å²) >= 11 is 28.4. The van der Waals surface area contributed by atoms with Crippen LogP contribution in [0.4, 0.5) is 5.69 Å². The monoisotopic (exact) mass is 543 g/mol. The summed E-state index contributed by atoms with van der Waals surface area (Å²) in [6, 6.07) is 14.1. The molecule has 1 aliphatic heterocycles. The molecule has 1 saturated heterocycles. The number of furan rings is 1.